The first-order valence-corrected chi connectivity index (χ1v) is 2.47. The molecule has 1 saturated carbocycles. The molecule has 47 valence electrons. The minimum absolute atomic E-state index is 0.0810. The van der Waals surface area contributed by atoms with Gasteiger partial charge in [0.2, 0.25) is 0 Å². The molecule has 0 bridgehead atoms. The van der Waals surface area contributed by atoms with E-state index >= 15 is 0 Å². The first kappa shape index (κ1) is 5.92. The number of rotatable bonds is 0. The van der Waals surface area contributed by atoms with Gasteiger partial charge in [-0.05, 0) is 6.42 Å². The van der Waals surface area contributed by atoms with Gasteiger partial charge in [-0.25, -0.2) is 13.2 Å². The van der Waals surface area contributed by atoms with Gasteiger partial charge in [0.1, 0.15) is 12.3 Å². The summed E-state index contributed by atoms with van der Waals surface area (Å²) in [6.07, 6.45) is -4.25. The molecule has 0 nitrogen and oxygen atoms in total. The van der Waals surface area contributed by atoms with Crippen molar-refractivity contribution < 1.29 is 13.2 Å². The second kappa shape index (κ2) is 1.96. The lowest BCUT2D eigenvalue weighted by molar-refractivity contribution is 0.140. The lowest BCUT2D eigenvalue weighted by Crippen LogP contribution is -2.17. The van der Waals surface area contributed by atoms with Crippen molar-refractivity contribution in [3.05, 3.63) is 6.42 Å². The predicted molar refractivity (Wildman–Crippen MR) is 23.6 cm³/mol. The second-order valence-electron chi connectivity index (χ2n) is 1.88. The van der Waals surface area contributed by atoms with E-state index < -0.39 is 18.5 Å². The van der Waals surface area contributed by atoms with Crippen LogP contribution < -0.4 is 0 Å². The Labute approximate surface area is 45.7 Å². The fourth-order valence-corrected chi connectivity index (χ4v) is 0.719. The van der Waals surface area contributed by atoms with Gasteiger partial charge >= 0.3 is 0 Å². The normalized spacial score (nSPS) is 47.6. The average molecular weight is 123 g/mol. The zero-order valence-corrected chi connectivity index (χ0v) is 4.15. The van der Waals surface area contributed by atoms with E-state index in [1.165, 1.54) is 0 Å². The Morgan fingerprint density at radius 3 is 2.00 bits per heavy atom. The maximum atomic E-state index is 11.9. The Morgan fingerprint density at radius 1 is 1.25 bits per heavy atom. The van der Waals surface area contributed by atoms with Crippen molar-refractivity contribution in [3.63, 3.8) is 0 Å². The molecule has 0 N–H and O–H groups in total. The van der Waals surface area contributed by atoms with E-state index in [-0.39, 0.29) is 6.42 Å². The Kier molecular flexibility index (Phi) is 1.45. The van der Waals surface area contributed by atoms with Crippen LogP contribution in [-0.4, -0.2) is 18.5 Å². The van der Waals surface area contributed by atoms with Gasteiger partial charge in [0, 0.05) is 6.42 Å². The lowest BCUT2D eigenvalue weighted by Gasteiger charge is -2.01. The molecule has 0 spiro atoms. The van der Waals surface area contributed by atoms with Crippen molar-refractivity contribution in [1.29, 1.82) is 0 Å². The van der Waals surface area contributed by atoms with E-state index in [0.29, 0.717) is 0 Å². The first-order chi connectivity index (χ1) is 3.72. The molecule has 1 rings (SSSR count). The fourth-order valence-electron chi connectivity index (χ4n) is 0.719. The Bertz CT molecular complexity index is 73.7. The maximum absolute atomic E-state index is 11.9. The summed E-state index contributed by atoms with van der Waals surface area (Å²) in [5.74, 6) is 0. The zero-order chi connectivity index (χ0) is 6.15. The molecule has 3 atom stereocenters. The van der Waals surface area contributed by atoms with E-state index in [9.17, 15) is 13.2 Å². The third-order valence-electron chi connectivity index (χ3n) is 1.24. The summed E-state index contributed by atoms with van der Waals surface area (Å²) >= 11 is 0. The zero-order valence-electron chi connectivity index (χ0n) is 4.15. The molecule has 0 aliphatic heterocycles. The van der Waals surface area contributed by atoms with Crippen LogP contribution in [0.25, 0.3) is 0 Å². The molecule has 1 radical (unpaired) electrons. The summed E-state index contributed by atoms with van der Waals surface area (Å²) in [7, 11) is 0. The first-order valence-electron chi connectivity index (χ1n) is 2.47. The highest BCUT2D eigenvalue weighted by Crippen LogP contribution is 2.26. The van der Waals surface area contributed by atoms with Gasteiger partial charge in [-0.2, -0.15) is 0 Å². The van der Waals surface area contributed by atoms with Crippen LogP contribution in [0.1, 0.15) is 6.42 Å². The van der Waals surface area contributed by atoms with Crippen molar-refractivity contribution >= 4 is 0 Å². The number of hydrogen-bond acceptors (Lipinski definition) is 0. The molecule has 3 unspecified atom stereocenters. The van der Waals surface area contributed by atoms with Crippen LogP contribution in [0.4, 0.5) is 13.2 Å². The van der Waals surface area contributed by atoms with Crippen molar-refractivity contribution in [2.45, 2.75) is 24.9 Å². The summed E-state index contributed by atoms with van der Waals surface area (Å²) in [5, 5.41) is 0. The predicted octanol–water partition coefficient (Wildman–Crippen LogP) is 1.61. The minimum Gasteiger partial charge on any atom is -0.244 e. The third kappa shape index (κ3) is 0.812. The standard InChI is InChI=1S/C5H6F3/c6-3-1-2-4(7)5(3)8/h1,3-5H,2H2. The van der Waals surface area contributed by atoms with E-state index in [4.69, 9.17) is 0 Å². The van der Waals surface area contributed by atoms with Crippen LogP contribution >= 0.6 is 0 Å². The number of alkyl halides is 3. The van der Waals surface area contributed by atoms with Crippen LogP contribution in [0.3, 0.4) is 0 Å². The van der Waals surface area contributed by atoms with Gasteiger partial charge in [-0.15, -0.1) is 0 Å². The Morgan fingerprint density at radius 2 is 1.88 bits per heavy atom. The van der Waals surface area contributed by atoms with Crippen LogP contribution in [-0.2, 0) is 0 Å². The molecule has 1 aliphatic carbocycles. The second-order valence-corrected chi connectivity index (χ2v) is 1.88. The van der Waals surface area contributed by atoms with Gasteiger partial charge in [-0.3, -0.25) is 0 Å². The van der Waals surface area contributed by atoms with Crippen molar-refractivity contribution in [3.8, 4) is 0 Å². The Balaban J connectivity index is 2.44. The van der Waals surface area contributed by atoms with E-state index in [2.05, 4.69) is 0 Å². The summed E-state index contributed by atoms with van der Waals surface area (Å²) in [4.78, 5) is 0. The van der Waals surface area contributed by atoms with Gasteiger partial charge in [-0.1, -0.05) is 0 Å². The molecule has 3 heteroatoms. The molecule has 8 heavy (non-hydrogen) atoms. The molecule has 0 heterocycles. The smallest absolute Gasteiger partial charge is 0.162 e. The minimum atomic E-state index is -1.91. The molecule has 1 fully saturated rings. The SMILES string of the molecule is FC1[CH]CC(F)C1F. The van der Waals surface area contributed by atoms with Crippen molar-refractivity contribution in [2.24, 2.45) is 0 Å². The summed E-state index contributed by atoms with van der Waals surface area (Å²) < 4.78 is 35.7. The quantitative estimate of drug-likeness (QED) is 0.459. The molecule has 0 aromatic heterocycles. The highest BCUT2D eigenvalue weighted by Gasteiger charge is 2.36. The largest absolute Gasteiger partial charge is 0.244 e. The van der Waals surface area contributed by atoms with Gasteiger partial charge in [0.25, 0.3) is 0 Å². The van der Waals surface area contributed by atoms with E-state index in [1.807, 2.05) is 0 Å². The molecule has 0 amide bonds. The van der Waals surface area contributed by atoms with Crippen molar-refractivity contribution in [1.82, 2.24) is 0 Å². The fraction of sp³-hybridized carbons (Fsp3) is 0.800. The van der Waals surface area contributed by atoms with Crippen molar-refractivity contribution in [2.75, 3.05) is 0 Å². The highest BCUT2D eigenvalue weighted by atomic mass is 19.2. The monoisotopic (exact) mass is 123 g/mol. The summed E-state index contributed by atoms with van der Waals surface area (Å²) in [6, 6.07) is 0. The average Bonchev–Trinajstić information content (AvgIpc) is 1.98. The van der Waals surface area contributed by atoms with Crippen LogP contribution in [0, 0.1) is 6.42 Å². The highest BCUT2D eigenvalue weighted by molar-refractivity contribution is 4.97. The molecular weight excluding hydrogens is 117 g/mol. The van der Waals surface area contributed by atoms with E-state index in [0.717, 1.165) is 6.42 Å². The Hall–Kier alpha value is -0.210. The molecule has 1 aliphatic rings. The van der Waals surface area contributed by atoms with Gasteiger partial charge in [0.15, 0.2) is 6.17 Å². The lowest BCUT2D eigenvalue weighted by atomic mass is 10.3. The maximum Gasteiger partial charge on any atom is 0.162 e. The molecule has 0 aromatic rings. The molecular formula is C5H6F3. The van der Waals surface area contributed by atoms with Gasteiger partial charge in [0.05, 0.1) is 0 Å². The molecule has 0 aromatic carbocycles. The third-order valence-corrected chi connectivity index (χ3v) is 1.24. The van der Waals surface area contributed by atoms with Gasteiger partial charge < -0.3 is 0 Å². The topological polar surface area (TPSA) is 0 Å². The number of halogens is 3. The summed E-state index contributed by atoms with van der Waals surface area (Å²) in [5.41, 5.74) is 0. The van der Waals surface area contributed by atoms with Crippen LogP contribution in [0.5, 0.6) is 0 Å². The summed E-state index contributed by atoms with van der Waals surface area (Å²) in [6.45, 7) is 0. The van der Waals surface area contributed by atoms with Crippen LogP contribution in [0.2, 0.25) is 0 Å². The number of hydrogen-bond donors (Lipinski definition) is 0. The molecule has 0 saturated heterocycles. The van der Waals surface area contributed by atoms with E-state index in [1.54, 1.807) is 0 Å². The van der Waals surface area contributed by atoms with Crippen LogP contribution in [0.15, 0.2) is 0 Å².